The second kappa shape index (κ2) is 5.43. The summed E-state index contributed by atoms with van der Waals surface area (Å²) in [5, 5.41) is 11.8. The van der Waals surface area contributed by atoms with Gasteiger partial charge in [-0.2, -0.15) is 0 Å². The molecule has 1 aromatic carbocycles. The summed E-state index contributed by atoms with van der Waals surface area (Å²) in [7, 11) is 2.81. The Morgan fingerprint density at radius 2 is 2.19 bits per heavy atom. The lowest BCUT2D eigenvalue weighted by molar-refractivity contribution is 0.167. The van der Waals surface area contributed by atoms with Gasteiger partial charge in [0.2, 0.25) is 0 Å². The van der Waals surface area contributed by atoms with Crippen LogP contribution in [0.25, 0.3) is 0 Å². The molecule has 0 saturated carbocycles. The number of halogens is 3. The van der Waals surface area contributed by atoms with E-state index in [2.05, 4.69) is 5.32 Å². The second-order valence-electron chi connectivity index (χ2n) is 3.18. The molecule has 0 amide bonds. The Morgan fingerprint density at radius 1 is 1.56 bits per heavy atom. The van der Waals surface area contributed by atoms with Gasteiger partial charge < -0.3 is 15.2 Å². The van der Waals surface area contributed by atoms with E-state index in [4.69, 9.17) is 16.3 Å². The number of methoxy groups -OCH3 is 1. The minimum absolute atomic E-state index is 0.0243. The van der Waals surface area contributed by atoms with Crippen molar-refractivity contribution < 1.29 is 18.6 Å². The standard InChI is InChI=1S/C10H12ClF2NO2/c1-14-4-6(15)8-5(12)3-7(16-2)9(11)10(8)13/h3,6,14-15H,4H2,1-2H3. The summed E-state index contributed by atoms with van der Waals surface area (Å²) >= 11 is 5.62. The molecular formula is C10H12ClF2NO2. The van der Waals surface area contributed by atoms with Crippen LogP contribution in [-0.4, -0.2) is 25.8 Å². The third-order valence-corrected chi connectivity index (χ3v) is 2.46. The van der Waals surface area contributed by atoms with Gasteiger partial charge in [-0.3, -0.25) is 0 Å². The highest BCUT2D eigenvalue weighted by Crippen LogP contribution is 2.34. The van der Waals surface area contributed by atoms with Crippen LogP contribution >= 0.6 is 11.6 Å². The smallest absolute Gasteiger partial charge is 0.154 e. The Balaban J connectivity index is 3.24. The molecule has 1 rings (SSSR count). The highest BCUT2D eigenvalue weighted by Gasteiger charge is 2.23. The molecule has 1 unspecified atom stereocenters. The van der Waals surface area contributed by atoms with Gasteiger partial charge in [-0.1, -0.05) is 11.6 Å². The van der Waals surface area contributed by atoms with Gasteiger partial charge in [-0.05, 0) is 7.05 Å². The summed E-state index contributed by atoms with van der Waals surface area (Å²) in [4.78, 5) is 0. The maximum atomic E-state index is 13.6. The van der Waals surface area contributed by atoms with Crippen molar-refractivity contribution in [2.45, 2.75) is 6.10 Å². The third kappa shape index (κ3) is 2.42. The van der Waals surface area contributed by atoms with E-state index in [1.165, 1.54) is 7.11 Å². The van der Waals surface area contributed by atoms with Gasteiger partial charge in [0.05, 0.1) is 18.8 Å². The van der Waals surface area contributed by atoms with Gasteiger partial charge in [-0.25, -0.2) is 8.78 Å². The highest BCUT2D eigenvalue weighted by atomic mass is 35.5. The summed E-state index contributed by atoms with van der Waals surface area (Å²) in [5.74, 6) is -1.99. The number of aliphatic hydroxyl groups is 1. The molecule has 0 aliphatic heterocycles. The van der Waals surface area contributed by atoms with Crippen LogP contribution in [0.4, 0.5) is 8.78 Å². The molecule has 0 aliphatic carbocycles. The van der Waals surface area contributed by atoms with Gasteiger partial charge in [0.1, 0.15) is 16.6 Å². The van der Waals surface area contributed by atoms with Crippen molar-refractivity contribution >= 4 is 11.6 Å². The van der Waals surface area contributed by atoms with E-state index in [1.807, 2.05) is 0 Å². The lowest BCUT2D eigenvalue weighted by Crippen LogP contribution is -2.19. The first kappa shape index (κ1) is 13.2. The third-order valence-electron chi connectivity index (χ3n) is 2.11. The summed E-state index contributed by atoms with van der Waals surface area (Å²) in [6.07, 6.45) is -1.30. The van der Waals surface area contributed by atoms with Gasteiger partial charge >= 0.3 is 0 Å². The van der Waals surface area contributed by atoms with Crippen LogP contribution in [0.1, 0.15) is 11.7 Å². The molecule has 1 aromatic rings. The molecular weight excluding hydrogens is 240 g/mol. The highest BCUT2D eigenvalue weighted by molar-refractivity contribution is 6.32. The number of aliphatic hydroxyl groups excluding tert-OH is 1. The quantitative estimate of drug-likeness (QED) is 0.803. The van der Waals surface area contributed by atoms with E-state index in [0.29, 0.717) is 0 Å². The molecule has 0 saturated heterocycles. The van der Waals surface area contributed by atoms with Crippen LogP contribution in [0.2, 0.25) is 5.02 Å². The number of hydrogen-bond acceptors (Lipinski definition) is 3. The zero-order valence-electron chi connectivity index (χ0n) is 8.85. The van der Waals surface area contributed by atoms with Crippen molar-refractivity contribution in [1.29, 1.82) is 0 Å². The molecule has 0 heterocycles. The number of hydrogen-bond donors (Lipinski definition) is 2. The maximum absolute atomic E-state index is 13.6. The molecule has 0 radical (unpaired) electrons. The number of rotatable bonds is 4. The fraction of sp³-hybridized carbons (Fsp3) is 0.400. The molecule has 1 atom stereocenters. The summed E-state index contributed by atoms with van der Waals surface area (Å²) < 4.78 is 31.8. The fourth-order valence-electron chi connectivity index (χ4n) is 1.34. The van der Waals surface area contributed by atoms with Crippen LogP contribution in [0.15, 0.2) is 6.07 Å². The van der Waals surface area contributed by atoms with Gasteiger partial charge in [0.15, 0.2) is 5.82 Å². The summed E-state index contributed by atoms with van der Waals surface area (Å²) in [5.41, 5.74) is -0.458. The number of nitrogens with one attached hydrogen (secondary N) is 1. The van der Waals surface area contributed by atoms with E-state index < -0.39 is 23.3 Å². The number of likely N-dealkylation sites (N-methyl/N-ethyl adjacent to an activating group) is 1. The number of ether oxygens (including phenoxy) is 1. The largest absolute Gasteiger partial charge is 0.495 e. The van der Waals surface area contributed by atoms with Crippen molar-refractivity contribution in [3.8, 4) is 5.75 Å². The van der Waals surface area contributed by atoms with Crippen LogP contribution in [0.5, 0.6) is 5.75 Å². The second-order valence-corrected chi connectivity index (χ2v) is 3.55. The fourth-order valence-corrected chi connectivity index (χ4v) is 1.57. The normalized spacial score (nSPS) is 12.6. The van der Waals surface area contributed by atoms with Crippen LogP contribution in [0, 0.1) is 11.6 Å². The van der Waals surface area contributed by atoms with Crippen molar-refractivity contribution in [3.63, 3.8) is 0 Å². The SMILES string of the molecule is CNCC(O)c1c(F)cc(OC)c(Cl)c1F. The molecule has 0 aliphatic rings. The first-order valence-corrected chi connectivity index (χ1v) is 4.94. The minimum Gasteiger partial charge on any atom is -0.495 e. The Morgan fingerprint density at radius 3 is 2.69 bits per heavy atom. The topological polar surface area (TPSA) is 41.5 Å². The average molecular weight is 252 g/mol. The minimum atomic E-state index is -1.30. The Hall–Kier alpha value is -0.910. The first-order chi connectivity index (χ1) is 7.52. The number of benzene rings is 1. The predicted octanol–water partition coefficient (Wildman–Crippen LogP) is 1.88. The molecule has 16 heavy (non-hydrogen) atoms. The summed E-state index contributed by atoms with van der Waals surface area (Å²) in [6.45, 7) is 0.0243. The molecule has 0 fully saturated rings. The molecule has 0 spiro atoms. The average Bonchev–Trinajstić information content (AvgIpc) is 2.24. The van der Waals surface area contributed by atoms with Crippen molar-refractivity contribution in [2.24, 2.45) is 0 Å². The Labute approximate surface area is 97.0 Å². The van der Waals surface area contributed by atoms with E-state index in [9.17, 15) is 13.9 Å². The van der Waals surface area contributed by atoms with E-state index in [1.54, 1.807) is 7.05 Å². The first-order valence-electron chi connectivity index (χ1n) is 4.57. The van der Waals surface area contributed by atoms with Crippen LogP contribution in [0.3, 0.4) is 0 Å². The van der Waals surface area contributed by atoms with Crippen LogP contribution < -0.4 is 10.1 Å². The lowest BCUT2D eigenvalue weighted by Gasteiger charge is -2.14. The van der Waals surface area contributed by atoms with Crippen molar-refractivity contribution in [1.82, 2.24) is 5.32 Å². The van der Waals surface area contributed by atoms with Gasteiger partial charge in [0, 0.05) is 12.6 Å². The molecule has 0 aromatic heterocycles. The Bertz CT molecular complexity index is 388. The zero-order chi connectivity index (χ0) is 12.3. The molecule has 6 heteroatoms. The predicted molar refractivity (Wildman–Crippen MR) is 56.8 cm³/mol. The van der Waals surface area contributed by atoms with Crippen molar-refractivity contribution in [2.75, 3.05) is 20.7 Å². The molecule has 0 bridgehead atoms. The Kier molecular flexibility index (Phi) is 4.46. The van der Waals surface area contributed by atoms with Gasteiger partial charge in [-0.15, -0.1) is 0 Å². The van der Waals surface area contributed by atoms with Gasteiger partial charge in [0.25, 0.3) is 0 Å². The molecule has 2 N–H and O–H groups in total. The zero-order valence-corrected chi connectivity index (χ0v) is 9.61. The van der Waals surface area contributed by atoms with E-state index in [-0.39, 0.29) is 17.3 Å². The van der Waals surface area contributed by atoms with Crippen molar-refractivity contribution in [3.05, 3.63) is 28.3 Å². The van der Waals surface area contributed by atoms with E-state index in [0.717, 1.165) is 6.07 Å². The lowest BCUT2D eigenvalue weighted by atomic mass is 10.1. The summed E-state index contributed by atoms with van der Waals surface area (Å²) in [6, 6.07) is 0.944. The van der Waals surface area contributed by atoms with Crippen LogP contribution in [-0.2, 0) is 0 Å². The van der Waals surface area contributed by atoms with E-state index >= 15 is 0 Å². The monoisotopic (exact) mass is 251 g/mol. The molecule has 90 valence electrons. The molecule has 3 nitrogen and oxygen atoms in total. The maximum Gasteiger partial charge on any atom is 0.154 e.